The number of carboxylic acid groups (broad SMARTS) is 1. The first kappa shape index (κ1) is 17.3. The highest BCUT2D eigenvalue weighted by Crippen LogP contribution is 2.29. The summed E-state index contributed by atoms with van der Waals surface area (Å²) < 4.78 is 5.67. The van der Waals surface area contributed by atoms with Crippen LogP contribution in [0.3, 0.4) is 0 Å². The lowest BCUT2D eigenvalue weighted by molar-refractivity contribution is -0.137. The SMILES string of the molecule is CC(C)CN(CCC(=O)O)C(=O)c1ccc(OCC2CC2)cc1. The minimum absolute atomic E-state index is 0.0406. The van der Waals surface area contributed by atoms with Crippen LogP contribution in [0.1, 0.15) is 43.5 Å². The van der Waals surface area contributed by atoms with Crippen molar-refractivity contribution in [3.05, 3.63) is 29.8 Å². The number of nitrogens with zero attached hydrogens (tertiary/aromatic N) is 1. The Morgan fingerprint density at radius 1 is 1.26 bits per heavy atom. The Hall–Kier alpha value is -2.04. The van der Waals surface area contributed by atoms with Crippen LogP contribution >= 0.6 is 0 Å². The molecule has 0 bridgehead atoms. The van der Waals surface area contributed by atoms with Gasteiger partial charge in [0.25, 0.3) is 5.91 Å². The molecule has 1 aliphatic rings. The number of benzene rings is 1. The molecular weight excluding hydrogens is 294 g/mol. The van der Waals surface area contributed by atoms with Gasteiger partial charge in [-0.2, -0.15) is 0 Å². The predicted molar refractivity (Wildman–Crippen MR) is 87.7 cm³/mol. The molecule has 1 aromatic carbocycles. The Morgan fingerprint density at radius 2 is 1.91 bits per heavy atom. The minimum Gasteiger partial charge on any atom is -0.493 e. The zero-order chi connectivity index (χ0) is 16.8. The quantitative estimate of drug-likeness (QED) is 0.759. The molecule has 0 radical (unpaired) electrons. The number of carbonyl (C=O) groups is 2. The zero-order valence-corrected chi connectivity index (χ0v) is 13.8. The van der Waals surface area contributed by atoms with Crippen LogP contribution in [-0.2, 0) is 4.79 Å². The van der Waals surface area contributed by atoms with Gasteiger partial charge >= 0.3 is 5.97 Å². The molecule has 0 heterocycles. The third-order valence-electron chi connectivity index (χ3n) is 3.75. The van der Waals surface area contributed by atoms with E-state index in [9.17, 15) is 9.59 Å². The fraction of sp³-hybridized carbons (Fsp3) is 0.556. The summed E-state index contributed by atoms with van der Waals surface area (Å²) in [6.45, 7) is 5.54. The molecule has 5 nitrogen and oxygen atoms in total. The molecular formula is C18H25NO4. The highest BCUT2D eigenvalue weighted by molar-refractivity contribution is 5.94. The van der Waals surface area contributed by atoms with Crippen molar-refractivity contribution < 1.29 is 19.4 Å². The minimum atomic E-state index is -0.893. The van der Waals surface area contributed by atoms with Gasteiger partial charge in [0.1, 0.15) is 5.75 Å². The summed E-state index contributed by atoms with van der Waals surface area (Å²) in [5.74, 6) is 0.723. The number of hydrogen-bond donors (Lipinski definition) is 1. The third kappa shape index (κ3) is 5.93. The van der Waals surface area contributed by atoms with E-state index in [1.165, 1.54) is 12.8 Å². The third-order valence-corrected chi connectivity index (χ3v) is 3.75. The van der Waals surface area contributed by atoms with E-state index >= 15 is 0 Å². The lowest BCUT2D eigenvalue weighted by Crippen LogP contribution is -2.35. The van der Waals surface area contributed by atoms with Gasteiger partial charge in [-0.1, -0.05) is 13.8 Å². The summed E-state index contributed by atoms with van der Waals surface area (Å²) in [6.07, 6.45) is 2.44. The van der Waals surface area contributed by atoms with Crippen molar-refractivity contribution >= 4 is 11.9 Å². The van der Waals surface area contributed by atoms with Crippen LogP contribution in [0.5, 0.6) is 5.75 Å². The van der Waals surface area contributed by atoms with Crippen LogP contribution < -0.4 is 4.74 Å². The lowest BCUT2D eigenvalue weighted by Gasteiger charge is -2.24. The van der Waals surface area contributed by atoms with E-state index in [4.69, 9.17) is 9.84 Å². The van der Waals surface area contributed by atoms with E-state index in [-0.39, 0.29) is 24.8 Å². The van der Waals surface area contributed by atoms with Gasteiger partial charge in [0.05, 0.1) is 13.0 Å². The van der Waals surface area contributed by atoms with Crippen molar-refractivity contribution in [3.8, 4) is 5.75 Å². The summed E-state index contributed by atoms with van der Waals surface area (Å²) in [7, 11) is 0. The Kier molecular flexibility index (Phi) is 6.02. The maximum atomic E-state index is 12.6. The fourth-order valence-corrected chi connectivity index (χ4v) is 2.32. The standard InChI is InChI=1S/C18H25NO4/c1-13(2)11-19(10-9-17(20)21)18(22)15-5-7-16(8-6-15)23-12-14-3-4-14/h5-8,13-14H,3-4,9-12H2,1-2H3,(H,20,21). The fourth-order valence-electron chi connectivity index (χ4n) is 2.32. The second-order valence-electron chi connectivity index (χ2n) is 6.57. The van der Waals surface area contributed by atoms with E-state index in [2.05, 4.69) is 0 Å². The van der Waals surface area contributed by atoms with E-state index < -0.39 is 5.97 Å². The molecule has 0 aromatic heterocycles. The highest BCUT2D eigenvalue weighted by atomic mass is 16.5. The van der Waals surface area contributed by atoms with Gasteiger partial charge in [0.15, 0.2) is 0 Å². The number of hydrogen-bond acceptors (Lipinski definition) is 3. The molecule has 23 heavy (non-hydrogen) atoms. The van der Waals surface area contributed by atoms with Crippen molar-refractivity contribution in [2.24, 2.45) is 11.8 Å². The van der Waals surface area contributed by atoms with Crippen LogP contribution in [0, 0.1) is 11.8 Å². The van der Waals surface area contributed by atoms with Crippen LogP contribution in [0.25, 0.3) is 0 Å². The largest absolute Gasteiger partial charge is 0.493 e. The van der Waals surface area contributed by atoms with Crippen molar-refractivity contribution in [2.75, 3.05) is 19.7 Å². The maximum Gasteiger partial charge on any atom is 0.305 e. The molecule has 0 unspecified atom stereocenters. The molecule has 126 valence electrons. The maximum absolute atomic E-state index is 12.6. The van der Waals surface area contributed by atoms with Gasteiger partial charge in [-0.05, 0) is 48.9 Å². The van der Waals surface area contributed by atoms with Crippen molar-refractivity contribution in [1.29, 1.82) is 0 Å². The summed E-state index contributed by atoms with van der Waals surface area (Å²) in [5.41, 5.74) is 0.565. The number of amides is 1. The smallest absolute Gasteiger partial charge is 0.305 e. The molecule has 1 saturated carbocycles. The Morgan fingerprint density at radius 3 is 2.43 bits per heavy atom. The first-order valence-corrected chi connectivity index (χ1v) is 8.19. The van der Waals surface area contributed by atoms with Crippen molar-refractivity contribution in [3.63, 3.8) is 0 Å². The van der Waals surface area contributed by atoms with Crippen LogP contribution in [0.4, 0.5) is 0 Å². The Balaban J connectivity index is 1.97. The van der Waals surface area contributed by atoms with Crippen LogP contribution in [0.15, 0.2) is 24.3 Å². The van der Waals surface area contributed by atoms with E-state index in [0.717, 1.165) is 12.4 Å². The summed E-state index contributed by atoms with van der Waals surface area (Å²) in [4.78, 5) is 25.0. The average molecular weight is 319 g/mol. The second kappa shape index (κ2) is 7.99. The van der Waals surface area contributed by atoms with Crippen molar-refractivity contribution in [1.82, 2.24) is 4.90 Å². The molecule has 1 aromatic rings. The summed E-state index contributed by atoms with van der Waals surface area (Å²) >= 11 is 0. The Bertz CT molecular complexity index is 534. The molecule has 2 rings (SSSR count). The normalized spacial score (nSPS) is 13.9. The van der Waals surface area contributed by atoms with Gasteiger partial charge in [-0.15, -0.1) is 0 Å². The van der Waals surface area contributed by atoms with E-state index in [0.29, 0.717) is 18.0 Å². The molecule has 0 saturated heterocycles. The number of carbonyl (C=O) groups excluding carboxylic acids is 1. The topological polar surface area (TPSA) is 66.8 Å². The molecule has 5 heteroatoms. The summed E-state index contributed by atoms with van der Waals surface area (Å²) in [5, 5.41) is 8.84. The molecule has 1 aliphatic carbocycles. The molecule has 1 N–H and O–H groups in total. The number of carboxylic acids is 1. The molecule has 1 amide bonds. The molecule has 0 atom stereocenters. The van der Waals surface area contributed by atoms with Crippen LogP contribution in [-0.4, -0.2) is 41.6 Å². The van der Waals surface area contributed by atoms with E-state index in [1.807, 2.05) is 13.8 Å². The zero-order valence-electron chi connectivity index (χ0n) is 13.8. The first-order valence-electron chi connectivity index (χ1n) is 8.19. The van der Waals surface area contributed by atoms with Gasteiger partial charge < -0.3 is 14.7 Å². The monoisotopic (exact) mass is 319 g/mol. The van der Waals surface area contributed by atoms with E-state index in [1.54, 1.807) is 29.2 Å². The van der Waals surface area contributed by atoms with Gasteiger partial charge in [-0.3, -0.25) is 9.59 Å². The van der Waals surface area contributed by atoms with Gasteiger partial charge in [0, 0.05) is 18.7 Å². The first-order chi connectivity index (χ1) is 11.0. The molecule has 0 spiro atoms. The number of aliphatic carboxylic acids is 1. The van der Waals surface area contributed by atoms with Crippen molar-refractivity contribution in [2.45, 2.75) is 33.1 Å². The highest BCUT2D eigenvalue weighted by Gasteiger charge is 2.22. The van der Waals surface area contributed by atoms with Gasteiger partial charge in [-0.25, -0.2) is 0 Å². The lowest BCUT2D eigenvalue weighted by atomic mass is 10.1. The summed E-state index contributed by atoms with van der Waals surface area (Å²) in [6, 6.07) is 7.11. The molecule has 0 aliphatic heterocycles. The van der Waals surface area contributed by atoms with Gasteiger partial charge in [0.2, 0.25) is 0 Å². The predicted octanol–water partition coefficient (Wildman–Crippen LogP) is 3.05. The second-order valence-corrected chi connectivity index (χ2v) is 6.57. The molecule has 1 fully saturated rings. The Labute approximate surface area is 137 Å². The number of rotatable bonds is 9. The average Bonchev–Trinajstić information content (AvgIpc) is 3.33. The number of ether oxygens (including phenoxy) is 1. The van der Waals surface area contributed by atoms with Crippen LogP contribution in [0.2, 0.25) is 0 Å².